The van der Waals surface area contributed by atoms with E-state index in [4.69, 9.17) is 4.74 Å². The van der Waals surface area contributed by atoms with Gasteiger partial charge in [-0.05, 0) is 63.1 Å². The first-order valence-corrected chi connectivity index (χ1v) is 13.6. The summed E-state index contributed by atoms with van der Waals surface area (Å²) in [6.45, 7) is 4.63. The standard InChI is InChI=1S/C26H31N3O6S/c1-18-16-28(17-19(2)35-18)36(33,34)21-13-11-20(12-14-21)27-24(30)10-4-3-7-15-29-25(31)22-8-5-6-9-23(22)26(29)32/h5-6,8-9,11-14,18-19H,3-4,7,10,15-17H2,1-2H3,(H,27,30)/t18-,19+. The lowest BCUT2D eigenvalue weighted by Crippen LogP contribution is -2.48. The van der Waals surface area contributed by atoms with Crippen LogP contribution in [-0.2, 0) is 19.6 Å². The van der Waals surface area contributed by atoms with Crippen molar-refractivity contribution in [2.24, 2.45) is 0 Å². The predicted octanol–water partition coefficient (Wildman–Crippen LogP) is 3.28. The number of anilines is 1. The van der Waals surface area contributed by atoms with Crippen molar-refractivity contribution in [2.75, 3.05) is 25.0 Å². The van der Waals surface area contributed by atoms with Crippen LogP contribution in [0, 0.1) is 0 Å². The van der Waals surface area contributed by atoms with E-state index in [0.29, 0.717) is 55.7 Å². The fourth-order valence-electron chi connectivity index (χ4n) is 4.58. The number of carbonyl (C=O) groups excluding carboxylic acids is 3. The smallest absolute Gasteiger partial charge is 0.261 e. The Hall–Kier alpha value is -3.08. The SMILES string of the molecule is C[C@@H]1CN(S(=O)(=O)c2ccc(NC(=O)CCCCCN3C(=O)c4ccccc4C3=O)cc2)C[C@H](C)O1. The van der Waals surface area contributed by atoms with Gasteiger partial charge in [-0.2, -0.15) is 4.31 Å². The van der Waals surface area contributed by atoms with Crippen molar-refractivity contribution in [3.8, 4) is 0 Å². The Kier molecular flexibility index (Phi) is 7.87. The van der Waals surface area contributed by atoms with E-state index < -0.39 is 10.0 Å². The highest BCUT2D eigenvalue weighted by atomic mass is 32.2. The second kappa shape index (κ2) is 10.9. The zero-order valence-electron chi connectivity index (χ0n) is 20.5. The van der Waals surface area contributed by atoms with Crippen LogP contribution in [-0.4, -0.2) is 67.2 Å². The quantitative estimate of drug-likeness (QED) is 0.407. The lowest BCUT2D eigenvalue weighted by atomic mass is 10.1. The summed E-state index contributed by atoms with van der Waals surface area (Å²) in [7, 11) is -3.64. The molecule has 3 amide bonds. The van der Waals surface area contributed by atoms with Gasteiger partial charge in [-0.3, -0.25) is 19.3 Å². The topological polar surface area (TPSA) is 113 Å². The lowest BCUT2D eigenvalue weighted by molar-refractivity contribution is -0.116. The van der Waals surface area contributed by atoms with Crippen molar-refractivity contribution in [3.63, 3.8) is 0 Å². The molecule has 0 unspecified atom stereocenters. The number of unbranched alkanes of at least 4 members (excludes halogenated alkanes) is 2. The van der Waals surface area contributed by atoms with Crippen molar-refractivity contribution >= 4 is 33.4 Å². The number of sulfonamides is 1. The Bertz CT molecular complexity index is 1200. The molecule has 0 aromatic heterocycles. The maximum absolute atomic E-state index is 13.0. The van der Waals surface area contributed by atoms with Crippen molar-refractivity contribution in [1.82, 2.24) is 9.21 Å². The summed E-state index contributed by atoms with van der Waals surface area (Å²) in [6, 6.07) is 13.0. The Morgan fingerprint density at radius 1 is 0.917 bits per heavy atom. The fourth-order valence-corrected chi connectivity index (χ4v) is 6.17. The van der Waals surface area contributed by atoms with Crippen LogP contribution < -0.4 is 5.32 Å². The van der Waals surface area contributed by atoms with E-state index in [9.17, 15) is 22.8 Å². The number of ether oxygens (including phenoxy) is 1. The molecule has 0 aliphatic carbocycles. The molecule has 9 nitrogen and oxygen atoms in total. The molecular weight excluding hydrogens is 482 g/mol. The Morgan fingerprint density at radius 2 is 1.50 bits per heavy atom. The number of nitrogens with one attached hydrogen (secondary N) is 1. The molecule has 192 valence electrons. The van der Waals surface area contributed by atoms with Crippen LogP contribution in [0.4, 0.5) is 5.69 Å². The van der Waals surface area contributed by atoms with Crippen molar-refractivity contribution < 1.29 is 27.5 Å². The minimum absolute atomic E-state index is 0.172. The molecule has 4 rings (SSSR count). The maximum atomic E-state index is 13.0. The summed E-state index contributed by atoms with van der Waals surface area (Å²) in [4.78, 5) is 38.5. The van der Waals surface area contributed by atoms with Crippen molar-refractivity contribution in [3.05, 3.63) is 59.7 Å². The van der Waals surface area contributed by atoms with Gasteiger partial charge in [0.05, 0.1) is 28.2 Å². The molecule has 1 N–H and O–H groups in total. The van der Waals surface area contributed by atoms with Gasteiger partial charge in [-0.1, -0.05) is 18.6 Å². The number of fused-ring (bicyclic) bond motifs is 1. The molecule has 1 saturated heterocycles. The Labute approximate surface area is 211 Å². The van der Waals surface area contributed by atoms with E-state index in [2.05, 4.69) is 5.32 Å². The zero-order valence-corrected chi connectivity index (χ0v) is 21.3. The molecule has 1 fully saturated rings. The molecule has 2 atom stereocenters. The number of nitrogens with zero attached hydrogens (tertiary/aromatic N) is 2. The monoisotopic (exact) mass is 513 g/mol. The summed E-state index contributed by atoms with van der Waals surface area (Å²) >= 11 is 0. The molecule has 0 radical (unpaired) electrons. The average molecular weight is 514 g/mol. The van der Waals surface area contributed by atoms with Gasteiger partial charge < -0.3 is 10.1 Å². The highest BCUT2D eigenvalue weighted by Gasteiger charge is 2.34. The Morgan fingerprint density at radius 3 is 2.08 bits per heavy atom. The molecule has 0 spiro atoms. The number of amides is 3. The largest absolute Gasteiger partial charge is 0.373 e. The summed E-state index contributed by atoms with van der Waals surface area (Å²) in [5.74, 6) is -0.713. The minimum Gasteiger partial charge on any atom is -0.373 e. The normalized spacial score (nSPS) is 20.4. The van der Waals surface area contributed by atoms with Crippen LogP contribution in [0.15, 0.2) is 53.4 Å². The van der Waals surface area contributed by atoms with Gasteiger partial charge in [-0.25, -0.2) is 8.42 Å². The minimum atomic E-state index is -3.64. The predicted molar refractivity (Wildman–Crippen MR) is 134 cm³/mol. The number of hydrogen-bond acceptors (Lipinski definition) is 6. The molecule has 10 heteroatoms. The van der Waals surface area contributed by atoms with E-state index in [0.717, 1.165) is 0 Å². The number of morpholine rings is 1. The van der Waals surface area contributed by atoms with Crippen LogP contribution in [0.2, 0.25) is 0 Å². The molecule has 2 aliphatic rings. The maximum Gasteiger partial charge on any atom is 0.261 e. The van der Waals surface area contributed by atoms with Crippen molar-refractivity contribution in [2.45, 2.75) is 56.6 Å². The third-order valence-electron chi connectivity index (χ3n) is 6.33. The molecular formula is C26H31N3O6S. The third kappa shape index (κ3) is 5.66. The van der Waals surface area contributed by atoms with Gasteiger partial charge in [0.25, 0.3) is 11.8 Å². The van der Waals surface area contributed by atoms with Gasteiger partial charge in [0.2, 0.25) is 15.9 Å². The van der Waals surface area contributed by atoms with Gasteiger partial charge >= 0.3 is 0 Å². The lowest BCUT2D eigenvalue weighted by Gasteiger charge is -2.34. The van der Waals surface area contributed by atoms with Crippen molar-refractivity contribution in [1.29, 1.82) is 0 Å². The summed E-state index contributed by atoms with van der Waals surface area (Å²) in [5.41, 5.74) is 1.40. The highest BCUT2D eigenvalue weighted by Crippen LogP contribution is 2.24. The Balaban J connectivity index is 1.21. The summed E-state index contributed by atoms with van der Waals surface area (Å²) < 4.78 is 33.0. The number of hydrogen-bond donors (Lipinski definition) is 1. The first kappa shape index (κ1) is 26.0. The van der Waals surface area contributed by atoms with E-state index in [1.165, 1.54) is 21.3 Å². The van der Waals surface area contributed by atoms with E-state index in [-0.39, 0.29) is 41.2 Å². The van der Waals surface area contributed by atoms with Crippen LogP contribution >= 0.6 is 0 Å². The molecule has 0 saturated carbocycles. The number of benzene rings is 2. The molecule has 0 bridgehead atoms. The number of rotatable bonds is 9. The summed E-state index contributed by atoms with van der Waals surface area (Å²) in [6.07, 6.45) is 1.85. The molecule has 2 aromatic rings. The van der Waals surface area contributed by atoms with Gasteiger partial charge in [0.1, 0.15) is 0 Å². The third-order valence-corrected chi connectivity index (χ3v) is 8.17. The van der Waals surface area contributed by atoms with Gasteiger partial charge in [0, 0.05) is 31.7 Å². The fraction of sp³-hybridized carbons (Fsp3) is 0.423. The zero-order chi connectivity index (χ0) is 25.9. The van der Waals surface area contributed by atoms with Gasteiger partial charge in [-0.15, -0.1) is 0 Å². The first-order chi connectivity index (χ1) is 17.2. The molecule has 2 aromatic carbocycles. The van der Waals surface area contributed by atoms with E-state index in [1.807, 2.05) is 13.8 Å². The van der Waals surface area contributed by atoms with Crippen LogP contribution in [0.25, 0.3) is 0 Å². The molecule has 2 heterocycles. The van der Waals surface area contributed by atoms with Crippen LogP contribution in [0.3, 0.4) is 0 Å². The van der Waals surface area contributed by atoms with E-state index >= 15 is 0 Å². The molecule has 36 heavy (non-hydrogen) atoms. The second-order valence-electron chi connectivity index (χ2n) is 9.27. The highest BCUT2D eigenvalue weighted by molar-refractivity contribution is 7.89. The second-order valence-corrected chi connectivity index (χ2v) is 11.2. The number of imide groups is 1. The van der Waals surface area contributed by atoms with Crippen LogP contribution in [0.1, 0.15) is 60.2 Å². The van der Waals surface area contributed by atoms with Gasteiger partial charge in [0.15, 0.2) is 0 Å². The first-order valence-electron chi connectivity index (χ1n) is 12.2. The van der Waals surface area contributed by atoms with Crippen LogP contribution in [0.5, 0.6) is 0 Å². The number of carbonyl (C=O) groups is 3. The molecule has 2 aliphatic heterocycles. The van der Waals surface area contributed by atoms with E-state index in [1.54, 1.807) is 36.4 Å². The average Bonchev–Trinajstić information content (AvgIpc) is 3.08. The summed E-state index contributed by atoms with van der Waals surface area (Å²) in [5, 5.41) is 2.79.